The normalized spacial score (nSPS) is 10.9. The van der Waals surface area contributed by atoms with Crippen LogP contribution in [-0.2, 0) is 13.1 Å². The largest absolute Gasteiger partial charge is 0.358 e. The van der Waals surface area contributed by atoms with Crippen LogP contribution in [0.25, 0.3) is 0 Å². The third-order valence-corrected chi connectivity index (χ3v) is 3.36. The molecule has 3 rings (SSSR count). The van der Waals surface area contributed by atoms with Crippen molar-refractivity contribution in [3.63, 3.8) is 0 Å². The molecule has 118 valence electrons. The van der Waals surface area contributed by atoms with E-state index in [0.717, 1.165) is 5.56 Å². The molecule has 23 heavy (non-hydrogen) atoms. The van der Waals surface area contributed by atoms with E-state index in [4.69, 9.17) is 0 Å². The molecule has 0 saturated heterocycles. The number of nitro groups is 1. The van der Waals surface area contributed by atoms with Crippen molar-refractivity contribution in [3.05, 3.63) is 69.7 Å². The van der Waals surface area contributed by atoms with Crippen molar-refractivity contribution in [1.82, 2.24) is 24.5 Å². The predicted molar refractivity (Wildman–Crippen MR) is 78.2 cm³/mol. The van der Waals surface area contributed by atoms with Crippen LogP contribution in [-0.4, -0.2) is 29.5 Å². The molecule has 0 spiro atoms. The average molecular weight is 316 g/mol. The van der Waals surface area contributed by atoms with Gasteiger partial charge in [0, 0.05) is 6.92 Å². The minimum absolute atomic E-state index is 0.0952. The van der Waals surface area contributed by atoms with Gasteiger partial charge in [0.15, 0.2) is 5.82 Å². The highest BCUT2D eigenvalue weighted by Crippen LogP contribution is 2.15. The van der Waals surface area contributed by atoms with Crippen molar-refractivity contribution in [2.75, 3.05) is 0 Å². The molecule has 0 fully saturated rings. The summed E-state index contributed by atoms with van der Waals surface area (Å²) in [4.78, 5) is 14.4. The summed E-state index contributed by atoms with van der Waals surface area (Å²) >= 11 is 0. The summed E-state index contributed by atoms with van der Waals surface area (Å²) in [5, 5.41) is 18.9. The van der Waals surface area contributed by atoms with Gasteiger partial charge in [0.05, 0.1) is 12.7 Å². The van der Waals surface area contributed by atoms with E-state index in [0.29, 0.717) is 18.1 Å². The lowest BCUT2D eigenvalue weighted by atomic mass is 10.2. The van der Waals surface area contributed by atoms with Crippen LogP contribution < -0.4 is 0 Å². The van der Waals surface area contributed by atoms with Crippen molar-refractivity contribution >= 4 is 5.82 Å². The smallest absolute Gasteiger partial charge is 0.343 e. The van der Waals surface area contributed by atoms with Crippen molar-refractivity contribution in [2.45, 2.75) is 20.0 Å². The molecule has 0 N–H and O–H groups in total. The lowest BCUT2D eigenvalue weighted by Crippen LogP contribution is -2.06. The number of hydrogen-bond donors (Lipinski definition) is 0. The molecule has 0 aliphatic rings. The molecule has 0 unspecified atom stereocenters. The van der Waals surface area contributed by atoms with Gasteiger partial charge >= 0.3 is 5.82 Å². The summed E-state index contributed by atoms with van der Waals surface area (Å²) < 4.78 is 16.2. The Balaban J connectivity index is 1.78. The zero-order valence-electron chi connectivity index (χ0n) is 12.3. The van der Waals surface area contributed by atoms with E-state index in [-0.39, 0.29) is 18.2 Å². The summed E-state index contributed by atoms with van der Waals surface area (Å²) in [6, 6.07) is 6.21. The number of imidazole rings is 1. The van der Waals surface area contributed by atoms with Crippen LogP contribution in [0.4, 0.5) is 10.2 Å². The first-order valence-electron chi connectivity index (χ1n) is 6.83. The van der Waals surface area contributed by atoms with Crippen LogP contribution in [0.15, 0.2) is 36.7 Å². The standard InChI is InChI=1S/C14H13FN6O2/c1-10-16-6-14(21(22)23)20(10)9-13-8-19(18-17-13)7-11-3-2-4-12(15)5-11/h2-6,8H,7,9H2,1H3. The molecule has 0 amide bonds. The fourth-order valence-electron chi connectivity index (χ4n) is 2.27. The fourth-order valence-corrected chi connectivity index (χ4v) is 2.27. The van der Waals surface area contributed by atoms with E-state index in [1.807, 2.05) is 0 Å². The summed E-state index contributed by atoms with van der Waals surface area (Å²) in [5.41, 5.74) is 1.32. The van der Waals surface area contributed by atoms with E-state index < -0.39 is 4.92 Å². The lowest BCUT2D eigenvalue weighted by molar-refractivity contribution is -0.392. The van der Waals surface area contributed by atoms with Gasteiger partial charge in [0.25, 0.3) is 0 Å². The summed E-state index contributed by atoms with van der Waals surface area (Å²) in [6.07, 6.45) is 2.89. The lowest BCUT2D eigenvalue weighted by Gasteiger charge is -2.01. The third kappa shape index (κ3) is 3.23. The molecule has 0 bridgehead atoms. The quantitative estimate of drug-likeness (QED) is 0.530. The van der Waals surface area contributed by atoms with Crippen molar-refractivity contribution < 1.29 is 9.31 Å². The second-order valence-electron chi connectivity index (χ2n) is 5.04. The van der Waals surface area contributed by atoms with E-state index in [1.54, 1.807) is 29.9 Å². The van der Waals surface area contributed by atoms with Crippen LogP contribution in [0.2, 0.25) is 0 Å². The van der Waals surface area contributed by atoms with E-state index in [2.05, 4.69) is 15.3 Å². The van der Waals surface area contributed by atoms with Crippen LogP contribution in [0, 0.1) is 22.9 Å². The van der Waals surface area contributed by atoms with Crippen LogP contribution >= 0.6 is 0 Å². The number of aryl methyl sites for hydroxylation is 1. The van der Waals surface area contributed by atoms with Gasteiger partial charge in [0.2, 0.25) is 0 Å². The minimum atomic E-state index is -0.489. The van der Waals surface area contributed by atoms with Crippen molar-refractivity contribution in [2.24, 2.45) is 0 Å². The zero-order valence-corrected chi connectivity index (χ0v) is 12.3. The average Bonchev–Trinajstić information content (AvgIpc) is 3.07. The summed E-state index contributed by atoms with van der Waals surface area (Å²) in [5.74, 6) is 0.117. The number of nitrogens with zero attached hydrogens (tertiary/aromatic N) is 6. The fraction of sp³-hybridized carbons (Fsp3) is 0.214. The topological polar surface area (TPSA) is 91.7 Å². The molecule has 0 radical (unpaired) electrons. The molecule has 8 nitrogen and oxygen atoms in total. The Kier molecular flexibility index (Phi) is 3.83. The second-order valence-corrected chi connectivity index (χ2v) is 5.04. The number of rotatable bonds is 5. The Hall–Kier alpha value is -3.10. The first-order chi connectivity index (χ1) is 11.0. The SMILES string of the molecule is Cc1ncc([N+](=O)[O-])n1Cc1cn(Cc2cccc(F)c2)nn1. The summed E-state index contributed by atoms with van der Waals surface area (Å²) in [6.45, 7) is 2.26. The molecule has 1 aromatic carbocycles. The van der Waals surface area contributed by atoms with Crippen LogP contribution in [0.3, 0.4) is 0 Å². The molecule has 0 saturated carbocycles. The molecular weight excluding hydrogens is 303 g/mol. The van der Waals surface area contributed by atoms with Crippen LogP contribution in [0.1, 0.15) is 17.1 Å². The Morgan fingerprint density at radius 2 is 2.17 bits per heavy atom. The molecule has 0 aliphatic heterocycles. The van der Waals surface area contributed by atoms with E-state index >= 15 is 0 Å². The third-order valence-electron chi connectivity index (χ3n) is 3.36. The Bertz CT molecular complexity index is 857. The molecule has 0 atom stereocenters. The molecular formula is C14H13FN6O2. The Labute approximate surface area is 130 Å². The first-order valence-corrected chi connectivity index (χ1v) is 6.83. The summed E-state index contributed by atoms with van der Waals surface area (Å²) in [7, 11) is 0. The maximum absolute atomic E-state index is 13.2. The number of aromatic nitrogens is 5. The molecule has 0 aliphatic carbocycles. The van der Waals surface area contributed by atoms with Gasteiger partial charge in [-0.05, 0) is 22.6 Å². The number of hydrogen-bond acceptors (Lipinski definition) is 5. The van der Waals surface area contributed by atoms with Gasteiger partial charge in [-0.1, -0.05) is 17.3 Å². The number of benzene rings is 1. The van der Waals surface area contributed by atoms with Gasteiger partial charge in [-0.15, -0.1) is 5.10 Å². The van der Waals surface area contributed by atoms with Crippen LogP contribution in [0.5, 0.6) is 0 Å². The number of halogens is 1. The molecule has 2 aromatic heterocycles. The molecule has 3 aromatic rings. The second kappa shape index (κ2) is 5.95. The molecule has 9 heteroatoms. The zero-order chi connectivity index (χ0) is 16.4. The van der Waals surface area contributed by atoms with Crippen molar-refractivity contribution in [1.29, 1.82) is 0 Å². The van der Waals surface area contributed by atoms with Gasteiger partial charge < -0.3 is 10.1 Å². The van der Waals surface area contributed by atoms with Gasteiger partial charge in [-0.3, -0.25) is 0 Å². The van der Waals surface area contributed by atoms with Crippen molar-refractivity contribution in [3.8, 4) is 0 Å². The minimum Gasteiger partial charge on any atom is -0.358 e. The monoisotopic (exact) mass is 316 g/mol. The Morgan fingerprint density at radius 1 is 1.35 bits per heavy atom. The highest BCUT2D eigenvalue weighted by Gasteiger charge is 2.18. The highest BCUT2D eigenvalue weighted by atomic mass is 19.1. The highest BCUT2D eigenvalue weighted by molar-refractivity contribution is 5.21. The van der Waals surface area contributed by atoms with E-state index in [1.165, 1.54) is 22.9 Å². The predicted octanol–water partition coefficient (Wildman–Crippen LogP) is 1.93. The maximum atomic E-state index is 13.2. The van der Waals surface area contributed by atoms with Gasteiger partial charge in [-0.25, -0.2) is 18.6 Å². The first kappa shape index (κ1) is 14.8. The maximum Gasteiger partial charge on any atom is 0.343 e. The Morgan fingerprint density at radius 3 is 2.91 bits per heavy atom. The molecule has 2 heterocycles. The van der Waals surface area contributed by atoms with E-state index in [9.17, 15) is 14.5 Å². The van der Waals surface area contributed by atoms with Gasteiger partial charge in [0.1, 0.15) is 24.3 Å². The van der Waals surface area contributed by atoms with Gasteiger partial charge in [-0.2, -0.15) is 0 Å².